The number of anilines is 1. The number of hydrogen-bond acceptors (Lipinski definition) is 2. The van der Waals surface area contributed by atoms with Gasteiger partial charge in [0, 0.05) is 17.5 Å². The molecular weight excluding hydrogens is 337 g/mol. The SMILES string of the molecule is Fc1c(Cl)c(-c2ccccc2)cc2c(NCC3CCCCC3)n[nH]c12. The predicted molar refractivity (Wildman–Crippen MR) is 102 cm³/mol. The smallest absolute Gasteiger partial charge is 0.168 e. The van der Waals surface area contributed by atoms with Crippen LogP contribution in [0, 0.1) is 11.7 Å². The monoisotopic (exact) mass is 357 g/mol. The van der Waals surface area contributed by atoms with Crippen molar-refractivity contribution in [3.05, 3.63) is 47.2 Å². The van der Waals surface area contributed by atoms with Gasteiger partial charge in [-0.25, -0.2) is 4.39 Å². The number of nitrogens with zero attached hydrogens (tertiary/aromatic N) is 1. The number of fused-ring (bicyclic) bond motifs is 1. The molecular formula is C20H21ClFN3. The van der Waals surface area contributed by atoms with E-state index in [2.05, 4.69) is 15.5 Å². The van der Waals surface area contributed by atoms with Crippen molar-refractivity contribution in [2.45, 2.75) is 32.1 Å². The fourth-order valence-electron chi connectivity index (χ4n) is 3.69. The van der Waals surface area contributed by atoms with E-state index in [9.17, 15) is 4.39 Å². The van der Waals surface area contributed by atoms with Crippen LogP contribution >= 0.6 is 11.6 Å². The number of halogens is 2. The molecule has 1 fully saturated rings. The van der Waals surface area contributed by atoms with E-state index in [1.807, 2.05) is 36.4 Å². The van der Waals surface area contributed by atoms with Crippen LogP contribution in [0.5, 0.6) is 0 Å². The standard InChI is InChI=1S/C20H21ClFN3/c21-17-15(14-9-5-2-6-10-14)11-16-19(18(17)22)24-25-20(16)23-12-13-7-3-1-4-8-13/h2,5-6,9-11,13H,1,3-4,7-8,12H2,(H2,23,24,25). The maximum absolute atomic E-state index is 14.7. The highest BCUT2D eigenvalue weighted by Crippen LogP contribution is 2.37. The summed E-state index contributed by atoms with van der Waals surface area (Å²) in [7, 11) is 0. The Morgan fingerprint density at radius 3 is 2.68 bits per heavy atom. The van der Waals surface area contributed by atoms with Crippen LogP contribution in [-0.2, 0) is 0 Å². The lowest BCUT2D eigenvalue weighted by atomic mass is 9.89. The van der Waals surface area contributed by atoms with Gasteiger partial charge >= 0.3 is 0 Å². The number of benzene rings is 2. The molecule has 1 aromatic heterocycles. The second kappa shape index (κ2) is 7.04. The average molecular weight is 358 g/mol. The van der Waals surface area contributed by atoms with Crippen LogP contribution in [0.25, 0.3) is 22.0 Å². The second-order valence-electron chi connectivity index (χ2n) is 6.80. The Bertz CT molecular complexity index is 870. The Balaban J connectivity index is 1.68. The van der Waals surface area contributed by atoms with Crippen LogP contribution in [0.15, 0.2) is 36.4 Å². The second-order valence-corrected chi connectivity index (χ2v) is 7.18. The number of aromatic nitrogens is 2. The molecule has 1 saturated carbocycles. The summed E-state index contributed by atoms with van der Waals surface area (Å²) in [6.07, 6.45) is 6.45. The summed E-state index contributed by atoms with van der Waals surface area (Å²) in [6, 6.07) is 11.6. The average Bonchev–Trinajstić information content (AvgIpc) is 3.07. The number of aromatic amines is 1. The van der Waals surface area contributed by atoms with Crippen molar-refractivity contribution < 1.29 is 4.39 Å². The highest BCUT2D eigenvalue weighted by molar-refractivity contribution is 6.34. The molecule has 4 rings (SSSR count). The van der Waals surface area contributed by atoms with Crippen LogP contribution in [0.2, 0.25) is 5.02 Å². The summed E-state index contributed by atoms with van der Waals surface area (Å²) >= 11 is 6.27. The first-order chi connectivity index (χ1) is 12.2. The van der Waals surface area contributed by atoms with Gasteiger partial charge in [0.05, 0.1) is 5.02 Å². The van der Waals surface area contributed by atoms with Crippen LogP contribution in [0.4, 0.5) is 10.2 Å². The molecule has 0 aliphatic heterocycles. The van der Waals surface area contributed by atoms with Gasteiger partial charge < -0.3 is 5.32 Å². The molecule has 0 unspecified atom stereocenters. The Hall–Kier alpha value is -2.07. The maximum atomic E-state index is 14.7. The molecule has 3 aromatic rings. The van der Waals surface area contributed by atoms with Crippen LogP contribution in [0.3, 0.4) is 0 Å². The van der Waals surface area contributed by atoms with E-state index in [-0.39, 0.29) is 5.02 Å². The minimum absolute atomic E-state index is 0.126. The summed E-state index contributed by atoms with van der Waals surface area (Å²) in [5.41, 5.74) is 1.94. The van der Waals surface area contributed by atoms with E-state index in [0.29, 0.717) is 22.8 Å². The van der Waals surface area contributed by atoms with E-state index >= 15 is 0 Å². The Labute approximate surface area is 151 Å². The van der Waals surface area contributed by atoms with Crippen molar-refractivity contribution in [2.24, 2.45) is 5.92 Å². The summed E-state index contributed by atoms with van der Waals surface area (Å²) < 4.78 is 14.7. The van der Waals surface area contributed by atoms with Crippen molar-refractivity contribution in [1.82, 2.24) is 10.2 Å². The first kappa shape index (κ1) is 16.4. The molecule has 5 heteroatoms. The molecule has 3 nitrogen and oxygen atoms in total. The molecule has 2 N–H and O–H groups in total. The van der Waals surface area contributed by atoms with Crippen molar-refractivity contribution in [2.75, 3.05) is 11.9 Å². The molecule has 1 aliphatic rings. The lowest BCUT2D eigenvalue weighted by Crippen LogP contribution is -2.17. The van der Waals surface area contributed by atoms with Gasteiger partial charge in [0.2, 0.25) is 0 Å². The first-order valence-corrected chi connectivity index (χ1v) is 9.27. The number of hydrogen-bond donors (Lipinski definition) is 2. The van der Waals surface area contributed by atoms with Gasteiger partial charge in [-0.15, -0.1) is 0 Å². The summed E-state index contributed by atoms with van der Waals surface area (Å²) in [5, 5.41) is 11.4. The van der Waals surface area contributed by atoms with E-state index in [0.717, 1.165) is 17.5 Å². The lowest BCUT2D eigenvalue weighted by molar-refractivity contribution is 0.373. The molecule has 2 aromatic carbocycles. The van der Waals surface area contributed by atoms with Crippen molar-refractivity contribution in [3.8, 4) is 11.1 Å². The topological polar surface area (TPSA) is 40.7 Å². The summed E-state index contributed by atoms with van der Waals surface area (Å²) in [5.74, 6) is 0.927. The van der Waals surface area contributed by atoms with Gasteiger partial charge in [-0.3, -0.25) is 5.10 Å². The molecule has 0 saturated heterocycles. The van der Waals surface area contributed by atoms with Crippen molar-refractivity contribution >= 4 is 28.3 Å². The van der Waals surface area contributed by atoms with Gasteiger partial charge in [0.15, 0.2) is 11.6 Å². The molecule has 0 radical (unpaired) electrons. The van der Waals surface area contributed by atoms with Gasteiger partial charge in [0.1, 0.15) is 5.52 Å². The summed E-state index contributed by atoms with van der Waals surface area (Å²) in [6.45, 7) is 0.880. The Morgan fingerprint density at radius 1 is 1.16 bits per heavy atom. The zero-order valence-electron chi connectivity index (χ0n) is 14.0. The van der Waals surface area contributed by atoms with E-state index < -0.39 is 5.82 Å². The van der Waals surface area contributed by atoms with Gasteiger partial charge in [0.25, 0.3) is 0 Å². The molecule has 0 amide bonds. The largest absolute Gasteiger partial charge is 0.368 e. The maximum Gasteiger partial charge on any atom is 0.168 e. The number of nitrogens with one attached hydrogen (secondary N) is 2. The van der Waals surface area contributed by atoms with Gasteiger partial charge in [-0.05, 0) is 30.4 Å². The van der Waals surface area contributed by atoms with Gasteiger partial charge in [-0.2, -0.15) is 5.10 Å². The van der Waals surface area contributed by atoms with Crippen LogP contribution in [0.1, 0.15) is 32.1 Å². The minimum atomic E-state index is -0.448. The number of rotatable bonds is 4. The van der Waals surface area contributed by atoms with E-state index in [1.54, 1.807) is 0 Å². The molecule has 0 spiro atoms. The fraction of sp³-hybridized carbons (Fsp3) is 0.350. The Morgan fingerprint density at radius 2 is 1.92 bits per heavy atom. The molecule has 0 bridgehead atoms. The quantitative estimate of drug-likeness (QED) is 0.599. The third-order valence-corrected chi connectivity index (χ3v) is 5.48. The third kappa shape index (κ3) is 3.23. The Kier molecular flexibility index (Phi) is 4.62. The number of H-pyrrole nitrogens is 1. The van der Waals surface area contributed by atoms with Crippen LogP contribution < -0.4 is 5.32 Å². The zero-order valence-corrected chi connectivity index (χ0v) is 14.7. The van der Waals surface area contributed by atoms with E-state index in [1.165, 1.54) is 32.1 Å². The van der Waals surface area contributed by atoms with Crippen molar-refractivity contribution in [1.29, 1.82) is 0 Å². The molecule has 1 heterocycles. The van der Waals surface area contributed by atoms with Crippen LogP contribution in [-0.4, -0.2) is 16.7 Å². The zero-order chi connectivity index (χ0) is 17.2. The minimum Gasteiger partial charge on any atom is -0.368 e. The normalized spacial score (nSPS) is 15.6. The first-order valence-electron chi connectivity index (χ1n) is 8.89. The lowest BCUT2D eigenvalue weighted by Gasteiger charge is -2.21. The molecule has 25 heavy (non-hydrogen) atoms. The summed E-state index contributed by atoms with van der Waals surface area (Å²) in [4.78, 5) is 0. The molecule has 0 atom stereocenters. The van der Waals surface area contributed by atoms with E-state index in [4.69, 9.17) is 11.6 Å². The van der Waals surface area contributed by atoms with Gasteiger partial charge in [-0.1, -0.05) is 61.2 Å². The third-order valence-electron chi connectivity index (χ3n) is 5.11. The highest BCUT2D eigenvalue weighted by atomic mass is 35.5. The predicted octanol–water partition coefficient (Wildman–Crippen LogP) is 6.01. The fourth-order valence-corrected chi connectivity index (χ4v) is 3.95. The molecule has 130 valence electrons. The molecule has 1 aliphatic carbocycles. The van der Waals surface area contributed by atoms with Crippen molar-refractivity contribution in [3.63, 3.8) is 0 Å². The highest BCUT2D eigenvalue weighted by Gasteiger charge is 2.19.